The summed E-state index contributed by atoms with van der Waals surface area (Å²) in [5.74, 6) is -0.536. The van der Waals surface area contributed by atoms with Crippen molar-refractivity contribution in [2.75, 3.05) is 13.7 Å². The first-order chi connectivity index (χ1) is 22.2. The van der Waals surface area contributed by atoms with Gasteiger partial charge in [0.25, 0.3) is 8.32 Å². The van der Waals surface area contributed by atoms with E-state index < -0.39 is 32.5 Å². The largest absolute Gasteiger partial charge is 0.466 e. The van der Waals surface area contributed by atoms with E-state index in [4.69, 9.17) is 18.6 Å². The lowest BCUT2D eigenvalue weighted by atomic mass is 10.1. The highest BCUT2D eigenvalue weighted by Crippen LogP contribution is 2.37. The van der Waals surface area contributed by atoms with E-state index in [1.165, 1.54) is 13.2 Å². The van der Waals surface area contributed by atoms with Crippen molar-refractivity contribution in [3.63, 3.8) is 0 Å². The average molecular weight is 638 g/mol. The van der Waals surface area contributed by atoms with Crippen molar-refractivity contribution in [2.24, 2.45) is 0 Å². The standard InChI is InChI=1S/C38H43NO6Si/c1-38(2,3)46(32-21-13-7-14-22-32,33-23-15-8-16-24-33)45-29-34(39-37(41)44-28-31-19-11-6-12-20-31)35(25-26-36(40)42-4)43-27-30-17-9-5-10-18-30/h5-26,34-35H,27-29H2,1-4H3,(H,39,41)/b26-25+/t34-,35-/m0/s1. The van der Waals surface area contributed by atoms with Crippen molar-refractivity contribution in [1.82, 2.24) is 5.32 Å². The van der Waals surface area contributed by atoms with E-state index in [2.05, 4.69) is 50.4 Å². The quantitative estimate of drug-likeness (QED) is 0.101. The van der Waals surface area contributed by atoms with Gasteiger partial charge < -0.3 is 24.0 Å². The molecule has 0 radical (unpaired) electrons. The summed E-state index contributed by atoms with van der Waals surface area (Å²) in [6.45, 7) is 7.00. The van der Waals surface area contributed by atoms with Crippen molar-refractivity contribution < 1.29 is 28.2 Å². The van der Waals surface area contributed by atoms with E-state index in [0.29, 0.717) is 0 Å². The molecule has 4 rings (SSSR count). The van der Waals surface area contributed by atoms with Crippen LogP contribution in [0.2, 0.25) is 5.04 Å². The first-order valence-corrected chi connectivity index (χ1v) is 17.3. The Morgan fingerprint density at radius 2 is 1.22 bits per heavy atom. The number of nitrogens with one attached hydrogen (secondary N) is 1. The van der Waals surface area contributed by atoms with Gasteiger partial charge in [-0.15, -0.1) is 0 Å². The number of benzene rings is 4. The Balaban J connectivity index is 1.71. The Morgan fingerprint density at radius 1 is 0.739 bits per heavy atom. The summed E-state index contributed by atoms with van der Waals surface area (Å²) in [6.07, 6.45) is 1.52. The zero-order chi connectivity index (χ0) is 32.8. The topological polar surface area (TPSA) is 83.1 Å². The van der Waals surface area contributed by atoms with Crippen LogP contribution in [-0.2, 0) is 36.6 Å². The second-order valence-electron chi connectivity index (χ2n) is 11.9. The summed E-state index contributed by atoms with van der Waals surface area (Å²) in [5.41, 5.74) is 1.80. The molecule has 0 aliphatic heterocycles. The first-order valence-electron chi connectivity index (χ1n) is 15.4. The minimum Gasteiger partial charge on any atom is -0.466 e. The zero-order valence-corrected chi connectivity index (χ0v) is 27.9. The van der Waals surface area contributed by atoms with Gasteiger partial charge in [0.1, 0.15) is 6.61 Å². The van der Waals surface area contributed by atoms with E-state index in [1.807, 2.05) is 97.1 Å². The van der Waals surface area contributed by atoms with E-state index in [9.17, 15) is 9.59 Å². The second-order valence-corrected chi connectivity index (χ2v) is 16.2. The van der Waals surface area contributed by atoms with Crippen LogP contribution in [0.25, 0.3) is 0 Å². The first kappa shape index (κ1) is 34.4. The Morgan fingerprint density at radius 3 is 1.70 bits per heavy atom. The van der Waals surface area contributed by atoms with Gasteiger partial charge >= 0.3 is 12.1 Å². The van der Waals surface area contributed by atoms with Crippen LogP contribution < -0.4 is 15.7 Å². The Hall–Kier alpha value is -4.50. The van der Waals surface area contributed by atoms with Gasteiger partial charge in [-0.2, -0.15) is 0 Å². The summed E-state index contributed by atoms with van der Waals surface area (Å²) in [5, 5.41) is 4.91. The van der Waals surface area contributed by atoms with Gasteiger partial charge in [0.05, 0.1) is 32.5 Å². The predicted octanol–water partition coefficient (Wildman–Crippen LogP) is 6.17. The third kappa shape index (κ3) is 9.26. The van der Waals surface area contributed by atoms with E-state index >= 15 is 0 Å². The molecule has 1 amide bonds. The molecular weight excluding hydrogens is 595 g/mol. The van der Waals surface area contributed by atoms with Gasteiger partial charge in [-0.1, -0.05) is 142 Å². The smallest absolute Gasteiger partial charge is 0.407 e. The van der Waals surface area contributed by atoms with Crippen molar-refractivity contribution in [2.45, 2.75) is 51.2 Å². The molecule has 0 spiro atoms. The normalized spacial score (nSPS) is 13.1. The molecule has 0 saturated heterocycles. The van der Waals surface area contributed by atoms with Crippen LogP contribution in [0, 0.1) is 0 Å². The Kier molecular flexibility index (Phi) is 12.5. The van der Waals surface area contributed by atoms with Crippen LogP contribution in [0.5, 0.6) is 0 Å². The monoisotopic (exact) mass is 637 g/mol. The number of esters is 1. The number of alkyl carbamates (subject to hydrolysis) is 1. The maximum absolute atomic E-state index is 13.3. The van der Waals surface area contributed by atoms with Crippen LogP contribution in [0.4, 0.5) is 4.79 Å². The lowest BCUT2D eigenvalue weighted by Crippen LogP contribution is -2.67. The third-order valence-corrected chi connectivity index (χ3v) is 12.7. The summed E-state index contributed by atoms with van der Waals surface area (Å²) in [6, 6.07) is 39.0. The van der Waals surface area contributed by atoms with Crippen LogP contribution in [-0.4, -0.2) is 46.2 Å². The fraction of sp³-hybridized carbons (Fsp3) is 0.263. The maximum Gasteiger partial charge on any atom is 0.407 e. The average Bonchev–Trinajstić information content (AvgIpc) is 3.08. The van der Waals surface area contributed by atoms with Gasteiger partial charge in [-0.05, 0) is 32.6 Å². The van der Waals surface area contributed by atoms with Crippen LogP contribution in [0.1, 0.15) is 31.9 Å². The molecule has 4 aromatic rings. The van der Waals surface area contributed by atoms with Crippen molar-refractivity contribution >= 4 is 30.8 Å². The van der Waals surface area contributed by atoms with Crippen molar-refractivity contribution in [1.29, 1.82) is 0 Å². The molecule has 7 nitrogen and oxygen atoms in total. The molecule has 1 N–H and O–H groups in total. The molecule has 0 heterocycles. The summed E-state index contributed by atoms with van der Waals surface area (Å²) >= 11 is 0. The summed E-state index contributed by atoms with van der Waals surface area (Å²) < 4.78 is 24.1. The van der Waals surface area contributed by atoms with Crippen molar-refractivity contribution in [3.8, 4) is 0 Å². The minimum atomic E-state index is -2.98. The van der Waals surface area contributed by atoms with E-state index in [1.54, 1.807) is 6.08 Å². The lowest BCUT2D eigenvalue weighted by molar-refractivity contribution is -0.134. The highest BCUT2D eigenvalue weighted by atomic mass is 28.4. The minimum absolute atomic E-state index is 0.0820. The molecule has 0 saturated carbocycles. The number of carbonyl (C=O) groups is 2. The molecule has 240 valence electrons. The van der Waals surface area contributed by atoms with Gasteiger partial charge in [0.2, 0.25) is 0 Å². The number of methoxy groups -OCH3 is 1. The molecule has 0 unspecified atom stereocenters. The van der Waals surface area contributed by atoms with E-state index in [0.717, 1.165) is 21.5 Å². The van der Waals surface area contributed by atoms with Gasteiger partial charge in [-0.3, -0.25) is 0 Å². The number of amides is 1. The van der Waals surface area contributed by atoms with Gasteiger partial charge in [0.15, 0.2) is 0 Å². The number of rotatable bonds is 14. The number of hydrogen-bond donors (Lipinski definition) is 1. The number of ether oxygens (including phenoxy) is 3. The molecule has 0 bridgehead atoms. The van der Waals surface area contributed by atoms with Crippen molar-refractivity contribution in [3.05, 3.63) is 145 Å². The molecule has 4 aromatic carbocycles. The fourth-order valence-corrected chi connectivity index (χ4v) is 10.0. The fourth-order valence-electron chi connectivity index (χ4n) is 5.43. The van der Waals surface area contributed by atoms with Crippen LogP contribution in [0.3, 0.4) is 0 Å². The Bertz CT molecular complexity index is 1490. The van der Waals surface area contributed by atoms with Crippen LogP contribution in [0.15, 0.2) is 133 Å². The summed E-state index contributed by atoms with van der Waals surface area (Å²) in [4.78, 5) is 25.5. The summed E-state index contributed by atoms with van der Waals surface area (Å²) in [7, 11) is -1.67. The Labute approximate surface area is 273 Å². The molecule has 8 heteroatoms. The highest BCUT2D eigenvalue weighted by molar-refractivity contribution is 6.99. The van der Waals surface area contributed by atoms with Gasteiger partial charge in [0, 0.05) is 6.08 Å². The molecule has 0 aliphatic carbocycles. The number of carbonyl (C=O) groups excluding carboxylic acids is 2. The molecule has 0 fully saturated rings. The van der Waals surface area contributed by atoms with Crippen LogP contribution >= 0.6 is 0 Å². The molecule has 46 heavy (non-hydrogen) atoms. The molecule has 0 aromatic heterocycles. The number of hydrogen-bond acceptors (Lipinski definition) is 6. The lowest BCUT2D eigenvalue weighted by Gasteiger charge is -2.44. The second kappa shape index (κ2) is 16.7. The third-order valence-electron chi connectivity index (χ3n) is 7.72. The molecular formula is C38H43NO6Si. The van der Waals surface area contributed by atoms with E-state index in [-0.39, 0.29) is 24.9 Å². The maximum atomic E-state index is 13.3. The zero-order valence-electron chi connectivity index (χ0n) is 26.9. The highest BCUT2D eigenvalue weighted by Gasteiger charge is 2.50. The predicted molar refractivity (Wildman–Crippen MR) is 183 cm³/mol. The van der Waals surface area contributed by atoms with Gasteiger partial charge in [-0.25, -0.2) is 9.59 Å². The molecule has 0 aliphatic rings. The molecule has 2 atom stereocenters. The SMILES string of the molecule is COC(=O)/C=C/[C@H](OCc1ccccc1)[C@H](CO[Si](c1ccccc1)(c1ccccc1)C(C)(C)C)NC(=O)OCc1ccccc1.